The minimum atomic E-state index is -0.904. The Morgan fingerprint density at radius 3 is 2.79 bits per heavy atom. The number of carbonyl (C=O) groups is 1. The molecule has 0 unspecified atom stereocenters. The molecule has 0 aliphatic carbocycles. The molecule has 2 N–H and O–H groups in total. The Kier molecular flexibility index (Phi) is 4.15. The van der Waals surface area contributed by atoms with E-state index in [1.165, 1.54) is 6.07 Å². The first kappa shape index (κ1) is 15.5. The standard InChI is InChI=1S/C17H14N2O5/c20-17(21)10-11-9-12(18-15-4-2-1-3-14(11)15)5-6-13-7-8-16(24-13)19(22)23/h1-5,7-9,18H,6,10H2,(H,20,21)/b12-5+. The van der Waals surface area contributed by atoms with E-state index in [2.05, 4.69) is 5.32 Å². The third-order valence-corrected chi connectivity index (χ3v) is 3.57. The van der Waals surface area contributed by atoms with E-state index >= 15 is 0 Å². The molecule has 0 atom stereocenters. The average Bonchev–Trinajstić information content (AvgIpc) is 3.02. The first-order chi connectivity index (χ1) is 11.5. The second kappa shape index (κ2) is 6.41. The summed E-state index contributed by atoms with van der Waals surface area (Å²) in [6, 6.07) is 10.3. The largest absolute Gasteiger partial charge is 0.481 e. The lowest BCUT2D eigenvalue weighted by Crippen LogP contribution is -2.09. The number of carboxylic acids is 1. The maximum absolute atomic E-state index is 11.1. The van der Waals surface area contributed by atoms with E-state index < -0.39 is 10.9 Å². The highest BCUT2D eigenvalue weighted by Gasteiger charge is 2.17. The van der Waals surface area contributed by atoms with Crippen molar-refractivity contribution in [3.05, 3.63) is 75.7 Å². The SMILES string of the molecule is O=C(O)CC1=C/C(=C\Cc2ccc([N+](=O)[O-])o2)Nc2ccccc21. The summed E-state index contributed by atoms with van der Waals surface area (Å²) in [4.78, 5) is 21.1. The molecule has 1 aliphatic rings. The van der Waals surface area contributed by atoms with Gasteiger partial charge in [0.1, 0.15) is 10.7 Å². The van der Waals surface area contributed by atoms with Crippen LogP contribution in [0.15, 0.2) is 58.7 Å². The van der Waals surface area contributed by atoms with Crippen molar-refractivity contribution in [2.75, 3.05) is 5.32 Å². The lowest BCUT2D eigenvalue weighted by atomic mass is 9.96. The van der Waals surface area contributed by atoms with Gasteiger partial charge in [0.05, 0.1) is 12.5 Å². The number of nitro groups is 1. The molecule has 2 aromatic rings. The van der Waals surface area contributed by atoms with Crippen LogP contribution in [-0.2, 0) is 11.2 Å². The van der Waals surface area contributed by atoms with Crippen LogP contribution in [0.1, 0.15) is 17.7 Å². The number of para-hydroxylation sites is 1. The van der Waals surface area contributed by atoms with Crippen LogP contribution in [-0.4, -0.2) is 16.0 Å². The molecular weight excluding hydrogens is 312 g/mol. The van der Waals surface area contributed by atoms with Gasteiger partial charge in [-0.25, -0.2) is 0 Å². The van der Waals surface area contributed by atoms with E-state index in [-0.39, 0.29) is 12.3 Å². The fourth-order valence-electron chi connectivity index (χ4n) is 2.53. The van der Waals surface area contributed by atoms with Crippen molar-refractivity contribution >= 4 is 23.1 Å². The van der Waals surface area contributed by atoms with Crippen molar-refractivity contribution in [2.24, 2.45) is 0 Å². The van der Waals surface area contributed by atoms with Crippen molar-refractivity contribution in [3.63, 3.8) is 0 Å². The monoisotopic (exact) mass is 326 g/mol. The molecule has 7 nitrogen and oxygen atoms in total. The number of nitrogens with zero attached hydrogens (tertiary/aromatic N) is 1. The number of carboxylic acid groups (broad SMARTS) is 1. The quantitative estimate of drug-likeness (QED) is 0.642. The van der Waals surface area contributed by atoms with E-state index in [1.807, 2.05) is 24.3 Å². The number of hydrogen-bond donors (Lipinski definition) is 2. The van der Waals surface area contributed by atoms with Gasteiger partial charge in [0, 0.05) is 23.4 Å². The Hall–Kier alpha value is -3.35. The number of nitrogens with one attached hydrogen (secondary N) is 1. The normalized spacial score (nSPS) is 14.7. The van der Waals surface area contributed by atoms with Gasteiger partial charge in [0.15, 0.2) is 0 Å². The molecular formula is C17H14N2O5. The Morgan fingerprint density at radius 1 is 1.29 bits per heavy atom. The summed E-state index contributed by atoms with van der Waals surface area (Å²) < 4.78 is 5.11. The lowest BCUT2D eigenvalue weighted by Gasteiger charge is -2.20. The van der Waals surface area contributed by atoms with Gasteiger partial charge in [-0.3, -0.25) is 14.9 Å². The number of benzene rings is 1. The van der Waals surface area contributed by atoms with E-state index in [0.29, 0.717) is 17.8 Å². The summed E-state index contributed by atoms with van der Waals surface area (Å²) in [7, 11) is 0. The predicted octanol–water partition coefficient (Wildman–Crippen LogP) is 3.60. The average molecular weight is 326 g/mol. The van der Waals surface area contributed by atoms with Crippen LogP contribution < -0.4 is 5.32 Å². The van der Waals surface area contributed by atoms with Gasteiger partial charge >= 0.3 is 11.9 Å². The van der Waals surface area contributed by atoms with E-state index in [4.69, 9.17) is 9.52 Å². The molecule has 2 heterocycles. The maximum Gasteiger partial charge on any atom is 0.433 e. The second-order valence-electron chi connectivity index (χ2n) is 5.27. The van der Waals surface area contributed by atoms with Gasteiger partial charge in [-0.2, -0.15) is 0 Å². The van der Waals surface area contributed by atoms with Gasteiger partial charge in [-0.15, -0.1) is 0 Å². The Labute approximate surface area is 137 Å². The number of allylic oxidation sites excluding steroid dienone is 2. The number of furan rings is 1. The third-order valence-electron chi connectivity index (χ3n) is 3.57. The van der Waals surface area contributed by atoms with Crippen LogP contribution in [0.5, 0.6) is 0 Å². The van der Waals surface area contributed by atoms with Crippen LogP contribution in [0.3, 0.4) is 0 Å². The molecule has 1 aromatic heterocycles. The topological polar surface area (TPSA) is 106 Å². The molecule has 0 spiro atoms. The highest BCUT2D eigenvalue weighted by molar-refractivity contribution is 5.91. The lowest BCUT2D eigenvalue weighted by molar-refractivity contribution is -0.402. The summed E-state index contributed by atoms with van der Waals surface area (Å²) >= 11 is 0. The van der Waals surface area contributed by atoms with Gasteiger partial charge in [-0.05, 0) is 23.8 Å². The number of fused-ring (bicyclic) bond motifs is 1. The molecule has 122 valence electrons. The zero-order chi connectivity index (χ0) is 17.1. The number of hydrogen-bond acceptors (Lipinski definition) is 5. The first-order valence-electron chi connectivity index (χ1n) is 7.25. The molecule has 0 bridgehead atoms. The molecule has 0 fully saturated rings. The molecule has 3 rings (SSSR count). The first-order valence-corrected chi connectivity index (χ1v) is 7.25. The van der Waals surface area contributed by atoms with Crippen molar-refractivity contribution < 1.29 is 19.2 Å². The minimum absolute atomic E-state index is 0.0811. The fourth-order valence-corrected chi connectivity index (χ4v) is 2.53. The smallest absolute Gasteiger partial charge is 0.433 e. The molecule has 0 radical (unpaired) electrons. The highest BCUT2D eigenvalue weighted by atomic mass is 16.6. The number of rotatable bonds is 5. The van der Waals surface area contributed by atoms with Crippen LogP contribution in [0, 0.1) is 10.1 Å². The van der Waals surface area contributed by atoms with E-state index in [0.717, 1.165) is 16.9 Å². The highest BCUT2D eigenvalue weighted by Crippen LogP contribution is 2.32. The minimum Gasteiger partial charge on any atom is -0.481 e. The molecule has 7 heteroatoms. The van der Waals surface area contributed by atoms with Gasteiger partial charge < -0.3 is 14.8 Å². The maximum atomic E-state index is 11.1. The van der Waals surface area contributed by atoms with Crippen LogP contribution in [0.25, 0.3) is 5.57 Å². The predicted molar refractivity (Wildman–Crippen MR) is 87.4 cm³/mol. The second-order valence-corrected chi connectivity index (χ2v) is 5.27. The summed E-state index contributed by atoms with van der Waals surface area (Å²) in [5, 5.41) is 22.9. The summed E-state index contributed by atoms with van der Waals surface area (Å²) in [5.74, 6) is -0.741. The third kappa shape index (κ3) is 3.35. The van der Waals surface area contributed by atoms with Crippen molar-refractivity contribution in [3.8, 4) is 0 Å². The van der Waals surface area contributed by atoms with Crippen molar-refractivity contribution in [1.29, 1.82) is 0 Å². The van der Waals surface area contributed by atoms with Crippen molar-refractivity contribution in [1.82, 2.24) is 0 Å². The molecule has 0 saturated heterocycles. The van der Waals surface area contributed by atoms with Gasteiger partial charge in [0.2, 0.25) is 0 Å². The van der Waals surface area contributed by atoms with E-state index in [1.54, 1.807) is 18.2 Å². The summed E-state index contributed by atoms with van der Waals surface area (Å²) in [5.41, 5.74) is 3.11. The van der Waals surface area contributed by atoms with E-state index in [9.17, 15) is 14.9 Å². The zero-order valence-corrected chi connectivity index (χ0v) is 12.6. The molecule has 1 aromatic carbocycles. The molecule has 1 aliphatic heterocycles. The molecule has 0 amide bonds. The Balaban J connectivity index is 1.85. The van der Waals surface area contributed by atoms with Crippen LogP contribution >= 0.6 is 0 Å². The number of anilines is 1. The van der Waals surface area contributed by atoms with Gasteiger partial charge in [-0.1, -0.05) is 24.3 Å². The Morgan fingerprint density at radius 2 is 2.08 bits per heavy atom. The van der Waals surface area contributed by atoms with Crippen LogP contribution in [0.4, 0.5) is 11.6 Å². The van der Waals surface area contributed by atoms with Crippen LogP contribution in [0.2, 0.25) is 0 Å². The Bertz CT molecular complexity index is 863. The zero-order valence-electron chi connectivity index (χ0n) is 12.6. The fraction of sp³-hybridized carbons (Fsp3) is 0.118. The summed E-state index contributed by atoms with van der Waals surface area (Å²) in [6.07, 6.45) is 3.85. The van der Waals surface area contributed by atoms with Gasteiger partial charge in [0.25, 0.3) is 0 Å². The molecule has 0 saturated carbocycles. The molecule has 24 heavy (non-hydrogen) atoms. The summed E-state index contributed by atoms with van der Waals surface area (Å²) in [6.45, 7) is 0. The number of aliphatic carboxylic acids is 1. The van der Waals surface area contributed by atoms with Crippen molar-refractivity contribution in [2.45, 2.75) is 12.8 Å².